The van der Waals surface area contributed by atoms with Crippen molar-refractivity contribution in [1.82, 2.24) is 4.90 Å². The van der Waals surface area contributed by atoms with Gasteiger partial charge in [-0.05, 0) is 13.0 Å². The Morgan fingerprint density at radius 1 is 1.75 bits per heavy atom. The maximum Gasteiger partial charge on any atom is 0.179 e. The summed E-state index contributed by atoms with van der Waals surface area (Å²) in [6.07, 6.45) is 3.40. The Kier molecular flexibility index (Phi) is 1.08. The molecule has 0 N–H and O–H groups in total. The summed E-state index contributed by atoms with van der Waals surface area (Å²) in [6.45, 7) is 1.89. The Labute approximate surface area is 48.8 Å². The second-order valence-electron chi connectivity index (χ2n) is 2.06. The first kappa shape index (κ1) is 5.35. The van der Waals surface area contributed by atoms with Gasteiger partial charge >= 0.3 is 0 Å². The van der Waals surface area contributed by atoms with Crippen LogP contribution in [0.3, 0.4) is 0 Å². The smallest absolute Gasteiger partial charge is 0.179 e. The molecule has 1 rings (SSSR count). The van der Waals surface area contributed by atoms with Crippen LogP contribution in [0.1, 0.15) is 6.92 Å². The van der Waals surface area contributed by atoms with Gasteiger partial charge in [-0.2, -0.15) is 0 Å². The van der Waals surface area contributed by atoms with E-state index in [0.29, 0.717) is 0 Å². The van der Waals surface area contributed by atoms with Gasteiger partial charge in [-0.15, -0.1) is 0 Å². The molecule has 1 heterocycles. The van der Waals surface area contributed by atoms with Crippen LogP contribution in [0, 0.1) is 0 Å². The van der Waals surface area contributed by atoms with Crippen molar-refractivity contribution in [3.8, 4) is 0 Å². The average molecular weight is 111 g/mol. The predicted molar refractivity (Wildman–Crippen MR) is 31.4 cm³/mol. The minimum atomic E-state index is 0.0648. The number of nitrogens with zero attached hydrogens (tertiary/aromatic N) is 1. The first-order valence-corrected chi connectivity index (χ1v) is 2.66. The lowest BCUT2D eigenvalue weighted by atomic mass is 10.2. The van der Waals surface area contributed by atoms with Crippen molar-refractivity contribution in [2.75, 3.05) is 7.05 Å². The molecule has 2 heteroatoms. The highest BCUT2D eigenvalue weighted by molar-refractivity contribution is 5.95. The van der Waals surface area contributed by atoms with Crippen molar-refractivity contribution < 1.29 is 4.79 Å². The third-order valence-electron chi connectivity index (χ3n) is 1.50. The Bertz CT molecular complexity index is 139. The van der Waals surface area contributed by atoms with E-state index in [0.717, 1.165) is 0 Å². The zero-order valence-electron chi connectivity index (χ0n) is 5.09. The highest BCUT2D eigenvalue weighted by atomic mass is 16.1. The van der Waals surface area contributed by atoms with Crippen LogP contribution in [-0.2, 0) is 4.79 Å². The van der Waals surface area contributed by atoms with Crippen LogP contribution < -0.4 is 0 Å². The molecule has 0 fully saturated rings. The average Bonchev–Trinajstić information content (AvgIpc) is 1.98. The first-order chi connectivity index (χ1) is 3.72. The van der Waals surface area contributed by atoms with E-state index in [9.17, 15) is 4.79 Å². The molecule has 0 bridgehead atoms. The fraction of sp³-hybridized carbons (Fsp3) is 0.500. The molecule has 0 aliphatic carbocycles. The van der Waals surface area contributed by atoms with E-state index in [4.69, 9.17) is 0 Å². The minimum Gasteiger partial charge on any atom is -0.370 e. The van der Waals surface area contributed by atoms with Crippen LogP contribution in [0.4, 0.5) is 0 Å². The normalized spacial score (nSPS) is 27.5. The van der Waals surface area contributed by atoms with Gasteiger partial charge in [-0.3, -0.25) is 4.79 Å². The van der Waals surface area contributed by atoms with Gasteiger partial charge in [0, 0.05) is 13.2 Å². The van der Waals surface area contributed by atoms with Gasteiger partial charge in [0.1, 0.15) is 0 Å². The number of ketones is 1. The Hall–Kier alpha value is -0.790. The summed E-state index contributed by atoms with van der Waals surface area (Å²) in [5, 5.41) is 0. The van der Waals surface area contributed by atoms with E-state index in [-0.39, 0.29) is 11.8 Å². The van der Waals surface area contributed by atoms with E-state index in [1.165, 1.54) is 0 Å². The summed E-state index contributed by atoms with van der Waals surface area (Å²) in [6, 6.07) is 0.0648. The van der Waals surface area contributed by atoms with Crippen LogP contribution in [-0.4, -0.2) is 23.8 Å². The van der Waals surface area contributed by atoms with Gasteiger partial charge < -0.3 is 4.90 Å². The quantitative estimate of drug-likeness (QED) is 0.451. The minimum absolute atomic E-state index is 0.0648. The summed E-state index contributed by atoms with van der Waals surface area (Å²) < 4.78 is 0. The third-order valence-corrected chi connectivity index (χ3v) is 1.50. The van der Waals surface area contributed by atoms with Crippen LogP contribution in [0.15, 0.2) is 12.3 Å². The molecule has 1 aliphatic rings. The molecule has 0 aromatic carbocycles. The highest BCUT2D eigenvalue weighted by Gasteiger charge is 2.17. The molecule has 8 heavy (non-hydrogen) atoms. The molecule has 0 saturated heterocycles. The molecule has 44 valence electrons. The topological polar surface area (TPSA) is 20.3 Å². The molecule has 0 aromatic rings. The molecular formula is C6H9NO. The fourth-order valence-electron chi connectivity index (χ4n) is 0.660. The summed E-state index contributed by atoms with van der Waals surface area (Å²) in [4.78, 5) is 12.5. The van der Waals surface area contributed by atoms with E-state index in [1.54, 1.807) is 12.3 Å². The molecule has 0 spiro atoms. The van der Waals surface area contributed by atoms with Crippen molar-refractivity contribution in [2.45, 2.75) is 13.0 Å². The fourth-order valence-corrected chi connectivity index (χ4v) is 0.660. The van der Waals surface area contributed by atoms with Crippen molar-refractivity contribution in [3.63, 3.8) is 0 Å². The maximum atomic E-state index is 10.7. The Balaban J connectivity index is 2.69. The van der Waals surface area contributed by atoms with Crippen molar-refractivity contribution in [1.29, 1.82) is 0 Å². The first-order valence-electron chi connectivity index (χ1n) is 2.66. The molecule has 1 unspecified atom stereocenters. The van der Waals surface area contributed by atoms with E-state index in [2.05, 4.69) is 0 Å². The van der Waals surface area contributed by atoms with Crippen LogP contribution in [0.2, 0.25) is 0 Å². The summed E-state index contributed by atoms with van der Waals surface area (Å²) >= 11 is 0. The molecule has 0 aromatic heterocycles. The van der Waals surface area contributed by atoms with Crippen molar-refractivity contribution in [3.05, 3.63) is 12.3 Å². The molecule has 1 aliphatic heterocycles. The van der Waals surface area contributed by atoms with Crippen LogP contribution >= 0.6 is 0 Å². The molecule has 0 radical (unpaired) electrons. The van der Waals surface area contributed by atoms with Crippen LogP contribution in [0.25, 0.3) is 0 Å². The largest absolute Gasteiger partial charge is 0.370 e. The van der Waals surface area contributed by atoms with E-state index in [1.807, 2.05) is 18.9 Å². The van der Waals surface area contributed by atoms with E-state index >= 15 is 0 Å². The molecule has 0 amide bonds. The lowest BCUT2D eigenvalue weighted by molar-refractivity contribution is -0.116. The zero-order chi connectivity index (χ0) is 6.15. The lowest BCUT2D eigenvalue weighted by Gasteiger charge is -2.12. The number of carbonyl (C=O) groups excluding carboxylic acids is 1. The SMILES string of the molecule is CC1C(=O)C=CN1C. The number of likely N-dealkylation sites (N-methyl/N-ethyl adjacent to an activating group) is 1. The molecule has 1 atom stereocenters. The maximum absolute atomic E-state index is 10.7. The lowest BCUT2D eigenvalue weighted by Crippen LogP contribution is -2.24. The second kappa shape index (κ2) is 1.62. The van der Waals surface area contributed by atoms with Gasteiger partial charge in [0.25, 0.3) is 0 Å². The van der Waals surface area contributed by atoms with Crippen molar-refractivity contribution >= 4 is 5.78 Å². The van der Waals surface area contributed by atoms with Gasteiger partial charge in [-0.1, -0.05) is 0 Å². The third kappa shape index (κ3) is 0.619. The van der Waals surface area contributed by atoms with Gasteiger partial charge in [0.2, 0.25) is 0 Å². The zero-order valence-corrected chi connectivity index (χ0v) is 5.09. The predicted octanol–water partition coefficient (Wildman–Crippen LogP) is 0.403. The van der Waals surface area contributed by atoms with E-state index < -0.39 is 0 Å². The van der Waals surface area contributed by atoms with Crippen molar-refractivity contribution in [2.24, 2.45) is 0 Å². The molecule has 0 saturated carbocycles. The Morgan fingerprint density at radius 3 is 2.50 bits per heavy atom. The number of hydrogen-bond acceptors (Lipinski definition) is 2. The Morgan fingerprint density at radius 2 is 2.38 bits per heavy atom. The summed E-state index contributed by atoms with van der Waals surface area (Å²) in [5.74, 6) is 0.201. The molecule has 2 nitrogen and oxygen atoms in total. The monoisotopic (exact) mass is 111 g/mol. The number of carbonyl (C=O) groups is 1. The summed E-state index contributed by atoms with van der Waals surface area (Å²) in [7, 11) is 1.89. The summed E-state index contributed by atoms with van der Waals surface area (Å²) in [5.41, 5.74) is 0. The van der Waals surface area contributed by atoms with Gasteiger partial charge in [0.15, 0.2) is 5.78 Å². The standard InChI is InChI=1S/C6H9NO/c1-5-6(8)3-4-7(5)2/h3-5H,1-2H3. The molecular weight excluding hydrogens is 102 g/mol. The second-order valence-corrected chi connectivity index (χ2v) is 2.06. The number of hydrogen-bond donors (Lipinski definition) is 0. The van der Waals surface area contributed by atoms with Gasteiger partial charge in [-0.25, -0.2) is 0 Å². The highest BCUT2D eigenvalue weighted by Crippen LogP contribution is 2.05. The van der Waals surface area contributed by atoms with Gasteiger partial charge in [0.05, 0.1) is 6.04 Å². The number of rotatable bonds is 0. The van der Waals surface area contributed by atoms with Crippen LogP contribution in [0.5, 0.6) is 0 Å².